The molecule has 34 heavy (non-hydrogen) atoms. The Morgan fingerprint density at radius 1 is 0.971 bits per heavy atom. The van der Waals surface area contributed by atoms with Gasteiger partial charge in [0.1, 0.15) is 5.75 Å². The Balaban J connectivity index is 1.59. The van der Waals surface area contributed by atoms with Gasteiger partial charge in [-0.2, -0.15) is 0 Å². The van der Waals surface area contributed by atoms with Crippen LogP contribution in [-0.2, 0) is 16.0 Å². The highest BCUT2D eigenvalue weighted by atomic mass is 32.2. The number of unbranched alkanes of at least 4 members (excludes halogenated alkanes) is 7. The SMILES string of the molecule is CCCCCCCCCCOC(=O)CC(O)CCCC1(CCc2ccc(O)cc2)SCCCS1. The van der Waals surface area contributed by atoms with Gasteiger partial charge in [-0.25, -0.2) is 0 Å². The molecule has 1 aliphatic heterocycles. The molecule has 1 fully saturated rings. The van der Waals surface area contributed by atoms with E-state index in [0.717, 1.165) is 38.5 Å². The van der Waals surface area contributed by atoms with E-state index in [1.807, 2.05) is 12.1 Å². The number of aliphatic hydroxyl groups excluding tert-OH is 1. The van der Waals surface area contributed by atoms with Crippen molar-refractivity contribution >= 4 is 29.5 Å². The van der Waals surface area contributed by atoms with Gasteiger partial charge in [-0.1, -0.05) is 64.0 Å². The molecule has 0 spiro atoms. The number of thioether (sulfide) groups is 2. The number of aliphatic hydroxyl groups is 1. The average molecular weight is 511 g/mol. The van der Waals surface area contributed by atoms with Crippen LogP contribution in [0, 0.1) is 0 Å². The van der Waals surface area contributed by atoms with Crippen molar-refractivity contribution in [2.75, 3.05) is 18.1 Å². The second kappa shape index (κ2) is 17.6. The maximum atomic E-state index is 12.1. The van der Waals surface area contributed by atoms with Crippen molar-refractivity contribution in [3.8, 4) is 5.75 Å². The van der Waals surface area contributed by atoms with E-state index in [2.05, 4.69) is 30.4 Å². The summed E-state index contributed by atoms with van der Waals surface area (Å²) in [5, 5.41) is 19.9. The fourth-order valence-corrected chi connectivity index (χ4v) is 7.82. The van der Waals surface area contributed by atoms with Gasteiger partial charge in [0.2, 0.25) is 0 Å². The van der Waals surface area contributed by atoms with Crippen molar-refractivity contribution in [3.63, 3.8) is 0 Å². The summed E-state index contributed by atoms with van der Waals surface area (Å²) in [6.07, 6.45) is 15.2. The van der Waals surface area contributed by atoms with E-state index in [0.29, 0.717) is 18.8 Å². The number of aryl methyl sites for hydroxylation is 1. The lowest BCUT2D eigenvalue weighted by Crippen LogP contribution is -2.27. The van der Waals surface area contributed by atoms with Crippen molar-refractivity contribution in [1.29, 1.82) is 0 Å². The lowest BCUT2D eigenvalue weighted by Gasteiger charge is -2.36. The summed E-state index contributed by atoms with van der Waals surface area (Å²) in [4.78, 5) is 12.1. The third-order valence-corrected chi connectivity index (χ3v) is 10.1. The first-order valence-corrected chi connectivity index (χ1v) is 15.4. The molecule has 1 aromatic rings. The molecule has 194 valence electrons. The van der Waals surface area contributed by atoms with E-state index in [9.17, 15) is 15.0 Å². The number of esters is 1. The summed E-state index contributed by atoms with van der Waals surface area (Å²) in [7, 11) is 0. The second-order valence-corrected chi connectivity index (χ2v) is 12.8. The average Bonchev–Trinajstić information content (AvgIpc) is 2.83. The molecule has 6 heteroatoms. The predicted octanol–water partition coefficient (Wildman–Crippen LogP) is 7.50. The molecule has 4 nitrogen and oxygen atoms in total. The smallest absolute Gasteiger partial charge is 0.308 e. The molecule has 1 heterocycles. The number of hydrogen-bond acceptors (Lipinski definition) is 6. The number of benzene rings is 1. The Morgan fingerprint density at radius 3 is 2.29 bits per heavy atom. The van der Waals surface area contributed by atoms with Crippen molar-refractivity contribution in [2.45, 2.75) is 113 Å². The molecule has 1 unspecified atom stereocenters. The van der Waals surface area contributed by atoms with E-state index in [4.69, 9.17) is 4.74 Å². The molecule has 1 atom stereocenters. The highest BCUT2D eigenvalue weighted by molar-refractivity contribution is 8.18. The van der Waals surface area contributed by atoms with Crippen LogP contribution in [0.4, 0.5) is 0 Å². The zero-order chi connectivity index (χ0) is 24.5. The van der Waals surface area contributed by atoms with Crippen LogP contribution in [0.25, 0.3) is 0 Å². The van der Waals surface area contributed by atoms with Crippen molar-refractivity contribution in [3.05, 3.63) is 29.8 Å². The van der Waals surface area contributed by atoms with Gasteiger partial charge < -0.3 is 14.9 Å². The van der Waals surface area contributed by atoms with Gasteiger partial charge in [-0.05, 0) is 74.1 Å². The minimum Gasteiger partial charge on any atom is -0.508 e. The standard InChI is InChI=1S/C28H46O4S2/c1-2-3-4-5-6-7-8-9-20-32-27(31)23-26(30)12-10-18-28(33-21-11-22-34-28)19-17-24-13-15-25(29)16-14-24/h13-16,26,29-30H,2-12,17-23H2,1H3. The Kier molecular flexibility index (Phi) is 15.2. The number of aromatic hydroxyl groups is 1. The van der Waals surface area contributed by atoms with Gasteiger partial charge >= 0.3 is 5.97 Å². The van der Waals surface area contributed by atoms with E-state index in [1.165, 1.54) is 62.0 Å². The highest BCUT2D eigenvalue weighted by Crippen LogP contribution is 2.49. The molecular weight excluding hydrogens is 464 g/mol. The Labute approximate surface area is 216 Å². The van der Waals surface area contributed by atoms with Crippen LogP contribution >= 0.6 is 23.5 Å². The number of hydrogen-bond donors (Lipinski definition) is 2. The number of ether oxygens (including phenoxy) is 1. The van der Waals surface area contributed by atoms with E-state index >= 15 is 0 Å². The van der Waals surface area contributed by atoms with Crippen molar-refractivity contribution in [2.24, 2.45) is 0 Å². The minimum absolute atomic E-state index is 0.109. The van der Waals surface area contributed by atoms with Gasteiger partial charge in [0.05, 0.1) is 23.2 Å². The van der Waals surface area contributed by atoms with Crippen LogP contribution in [-0.4, -0.2) is 44.5 Å². The predicted molar refractivity (Wildman–Crippen MR) is 147 cm³/mol. The molecule has 0 aliphatic carbocycles. The Morgan fingerprint density at radius 2 is 1.62 bits per heavy atom. The summed E-state index contributed by atoms with van der Waals surface area (Å²) in [6, 6.07) is 7.52. The number of rotatable bonds is 18. The molecule has 1 saturated heterocycles. The largest absolute Gasteiger partial charge is 0.508 e. The van der Waals surface area contributed by atoms with Crippen LogP contribution in [0.2, 0.25) is 0 Å². The summed E-state index contributed by atoms with van der Waals surface area (Å²) < 4.78 is 5.53. The summed E-state index contributed by atoms with van der Waals surface area (Å²) in [5.41, 5.74) is 1.25. The monoisotopic (exact) mass is 510 g/mol. The Bertz CT molecular complexity index is 659. The zero-order valence-corrected chi connectivity index (χ0v) is 22.8. The fraction of sp³-hybridized carbons (Fsp3) is 0.750. The van der Waals surface area contributed by atoms with Crippen LogP contribution in [0.5, 0.6) is 5.75 Å². The molecule has 0 aromatic heterocycles. The van der Waals surface area contributed by atoms with Gasteiger partial charge in [0, 0.05) is 0 Å². The lowest BCUT2D eigenvalue weighted by molar-refractivity contribution is -0.146. The quantitative estimate of drug-likeness (QED) is 0.157. The molecule has 2 N–H and O–H groups in total. The number of phenolic OH excluding ortho intramolecular Hbond substituents is 1. The van der Waals surface area contributed by atoms with Crippen molar-refractivity contribution in [1.82, 2.24) is 0 Å². The molecule has 0 saturated carbocycles. The van der Waals surface area contributed by atoms with Crippen LogP contribution in [0.3, 0.4) is 0 Å². The first kappa shape index (κ1) is 29.4. The number of carbonyl (C=O) groups excluding carboxylic acids is 1. The first-order valence-electron chi connectivity index (χ1n) is 13.4. The molecule has 0 radical (unpaired) electrons. The Hall–Kier alpha value is -0.850. The van der Waals surface area contributed by atoms with Crippen molar-refractivity contribution < 1.29 is 19.7 Å². The molecule has 1 aliphatic rings. The maximum Gasteiger partial charge on any atom is 0.308 e. The summed E-state index contributed by atoms with van der Waals surface area (Å²) in [6.45, 7) is 2.71. The molecule has 0 bridgehead atoms. The minimum atomic E-state index is -0.612. The fourth-order valence-electron chi connectivity index (χ4n) is 4.41. The first-order chi connectivity index (χ1) is 16.5. The molecule has 0 amide bonds. The molecule has 2 rings (SSSR count). The van der Waals surface area contributed by atoms with Gasteiger partial charge in [0.25, 0.3) is 0 Å². The lowest BCUT2D eigenvalue weighted by atomic mass is 10.0. The second-order valence-electron chi connectivity index (χ2n) is 9.57. The topological polar surface area (TPSA) is 66.8 Å². The van der Waals surface area contributed by atoms with Crippen LogP contribution in [0.1, 0.15) is 102 Å². The van der Waals surface area contributed by atoms with Gasteiger partial charge in [0.15, 0.2) is 0 Å². The summed E-state index contributed by atoms with van der Waals surface area (Å²) >= 11 is 4.12. The number of phenols is 1. The third-order valence-electron chi connectivity index (χ3n) is 6.51. The van der Waals surface area contributed by atoms with E-state index < -0.39 is 6.10 Å². The van der Waals surface area contributed by atoms with E-state index in [-0.39, 0.29) is 16.5 Å². The highest BCUT2D eigenvalue weighted by Gasteiger charge is 2.33. The van der Waals surface area contributed by atoms with Crippen LogP contribution < -0.4 is 0 Å². The normalized spacial score (nSPS) is 16.3. The van der Waals surface area contributed by atoms with E-state index in [1.54, 1.807) is 12.1 Å². The summed E-state index contributed by atoms with van der Waals surface area (Å²) in [5.74, 6) is 2.43. The molecule has 1 aromatic carbocycles. The van der Waals surface area contributed by atoms with Gasteiger partial charge in [-0.3, -0.25) is 4.79 Å². The number of carbonyl (C=O) groups is 1. The third kappa shape index (κ3) is 12.7. The van der Waals surface area contributed by atoms with Crippen LogP contribution in [0.15, 0.2) is 24.3 Å². The van der Waals surface area contributed by atoms with Gasteiger partial charge in [-0.15, -0.1) is 23.5 Å². The molecular formula is C28H46O4S2. The zero-order valence-electron chi connectivity index (χ0n) is 21.1. The maximum absolute atomic E-state index is 12.1.